The number of rotatable bonds is 7. The summed E-state index contributed by atoms with van der Waals surface area (Å²) in [6.45, 7) is 1.77. The lowest BCUT2D eigenvalue weighted by atomic mass is 10.2. The Balaban J connectivity index is 2.11. The number of nitrogens with one attached hydrogen (secondary N) is 1. The van der Waals surface area contributed by atoms with Crippen molar-refractivity contribution in [1.82, 2.24) is 0 Å². The number of hydrogen-bond donors (Lipinski definition) is 1. The van der Waals surface area contributed by atoms with Crippen LogP contribution in [-0.4, -0.2) is 38.5 Å². The molecule has 0 saturated heterocycles. The van der Waals surface area contributed by atoms with Gasteiger partial charge < -0.3 is 19.5 Å². The van der Waals surface area contributed by atoms with Gasteiger partial charge in [-0.15, -0.1) is 11.8 Å². The van der Waals surface area contributed by atoms with Crippen LogP contribution in [-0.2, 0) is 9.53 Å². The third kappa shape index (κ3) is 5.30. The lowest BCUT2D eigenvalue weighted by Crippen LogP contribution is -2.22. The third-order valence-electron chi connectivity index (χ3n) is 3.68. The standard InChI is InChI=1S/C19H20ClNO5S/c1-11(27-13-6-8-16(24-2)17(10-13)25-3)18(22)21-15-9-12(19(23)26-4)5-7-14(15)20/h5-11H,1-4H3,(H,21,22). The summed E-state index contributed by atoms with van der Waals surface area (Å²) in [4.78, 5) is 25.0. The number of carbonyl (C=O) groups is 2. The molecule has 0 aliphatic heterocycles. The van der Waals surface area contributed by atoms with Crippen molar-refractivity contribution in [3.8, 4) is 11.5 Å². The van der Waals surface area contributed by atoms with Crippen LogP contribution in [0, 0.1) is 0 Å². The monoisotopic (exact) mass is 409 g/mol. The summed E-state index contributed by atoms with van der Waals surface area (Å²) in [6.07, 6.45) is 0. The van der Waals surface area contributed by atoms with Crippen LogP contribution in [0.5, 0.6) is 11.5 Å². The van der Waals surface area contributed by atoms with E-state index in [2.05, 4.69) is 10.1 Å². The van der Waals surface area contributed by atoms with Crippen molar-refractivity contribution >= 4 is 40.9 Å². The van der Waals surface area contributed by atoms with E-state index in [1.807, 2.05) is 6.07 Å². The minimum absolute atomic E-state index is 0.251. The number of thioether (sulfide) groups is 1. The lowest BCUT2D eigenvalue weighted by Gasteiger charge is -2.15. The maximum atomic E-state index is 12.5. The Labute approximate surface area is 167 Å². The fraction of sp³-hybridized carbons (Fsp3) is 0.263. The minimum atomic E-state index is -0.505. The Bertz CT molecular complexity index is 843. The van der Waals surface area contributed by atoms with Crippen LogP contribution < -0.4 is 14.8 Å². The molecule has 2 aromatic rings. The van der Waals surface area contributed by atoms with Crippen LogP contribution in [0.4, 0.5) is 5.69 Å². The van der Waals surface area contributed by atoms with Gasteiger partial charge in [0.05, 0.1) is 42.9 Å². The normalized spacial score (nSPS) is 11.4. The van der Waals surface area contributed by atoms with Gasteiger partial charge in [0.25, 0.3) is 0 Å². The fourth-order valence-electron chi connectivity index (χ4n) is 2.25. The van der Waals surface area contributed by atoms with E-state index >= 15 is 0 Å². The Morgan fingerprint density at radius 2 is 1.74 bits per heavy atom. The van der Waals surface area contributed by atoms with Gasteiger partial charge in [-0.2, -0.15) is 0 Å². The highest BCUT2D eigenvalue weighted by molar-refractivity contribution is 8.00. The van der Waals surface area contributed by atoms with Crippen LogP contribution in [0.1, 0.15) is 17.3 Å². The number of carbonyl (C=O) groups excluding carboxylic acids is 2. The zero-order chi connectivity index (χ0) is 20.0. The molecule has 0 heterocycles. The Morgan fingerprint density at radius 1 is 1.04 bits per heavy atom. The summed E-state index contributed by atoms with van der Waals surface area (Å²) in [7, 11) is 4.41. The molecular weight excluding hydrogens is 390 g/mol. The summed E-state index contributed by atoms with van der Waals surface area (Å²) < 4.78 is 15.2. The van der Waals surface area contributed by atoms with Crippen molar-refractivity contribution in [1.29, 1.82) is 0 Å². The number of amides is 1. The van der Waals surface area contributed by atoms with E-state index in [4.69, 9.17) is 21.1 Å². The van der Waals surface area contributed by atoms with Gasteiger partial charge in [0.1, 0.15) is 0 Å². The Hall–Kier alpha value is -2.38. The molecule has 0 radical (unpaired) electrons. The first-order chi connectivity index (χ1) is 12.9. The topological polar surface area (TPSA) is 73.9 Å². The van der Waals surface area contributed by atoms with E-state index in [0.717, 1.165) is 4.90 Å². The van der Waals surface area contributed by atoms with Crippen LogP contribution in [0.2, 0.25) is 5.02 Å². The molecule has 2 aromatic carbocycles. The molecule has 2 rings (SSSR count). The predicted octanol–water partition coefficient (Wildman–Crippen LogP) is 4.26. The number of ether oxygens (including phenoxy) is 3. The molecule has 0 aliphatic rings. The number of benzene rings is 2. The van der Waals surface area contributed by atoms with Crippen LogP contribution in [0.25, 0.3) is 0 Å². The maximum Gasteiger partial charge on any atom is 0.337 e. The zero-order valence-electron chi connectivity index (χ0n) is 15.4. The summed E-state index contributed by atoms with van der Waals surface area (Å²) in [5, 5.41) is 2.66. The number of hydrogen-bond acceptors (Lipinski definition) is 6. The van der Waals surface area contributed by atoms with E-state index in [9.17, 15) is 9.59 Å². The Morgan fingerprint density at radius 3 is 2.37 bits per heavy atom. The average Bonchev–Trinajstić information content (AvgIpc) is 2.68. The molecule has 27 heavy (non-hydrogen) atoms. The van der Waals surface area contributed by atoms with Crippen molar-refractivity contribution < 1.29 is 23.8 Å². The molecule has 1 amide bonds. The average molecular weight is 410 g/mol. The fourth-order valence-corrected chi connectivity index (χ4v) is 3.31. The van der Waals surface area contributed by atoms with Crippen molar-refractivity contribution in [3.63, 3.8) is 0 Å². The van der Waals surface area contributed by atoms with Gasteiger partial charge in [0.2, 0.25) is 5.91 Å². The number of esters is 1. The molecule has 0 fully saturated rings. The molecule has 0 saturated carbocycles. The summed E-state index contributed by atoms with van der Waals surface area (Å²) >= 11 is 7.48. The lowest BCUT2D eigenvalue weighted by molar-refractivity contribution is -0.115. The molecule has 6 nitrogen and oxygen atoms in total. The molecular formula is C19H20ClNO5S. The molecule has 144 valence electrons. The molecule has 1 atom stereocenters. The second-order valence-corrected chi connectivity index (χ2v) is 7.27. The molecule has 1 unspecified atom stereocenters. The molecule has 8 heteroatoms. The number of methoxy groups -OCH3 is 3. The maximum absolute atomic E-state index is 12.5. The highest BCUT2D eigenvalue weighted by Gasteiger charge is 2.18. The van der Waals surface area contributed by atoms with E-state index in [1.165, 1.54) is 37.1 Å². The smallest absolute Gasteiger partial charge is 0.337 e. The predicted molar refractivity (Wildman–Crippen MR) is 106 cm³/mol. The van der Waals surface area contributed by atoms with Crippen molar-refractivity contribution in [2.24, 2.45) is 0 Å². The van der Waals surface area contributed by atoms with E-state index in [-0.39, 0.29) is 5.91 Å². The third-order valence-corrected chi connectivity index (χ3v) is 5.11. The molecule has 0 spiro atoms. The van der Waals surface area contributed by atoms with Crippen molar-refractivity contribution in [2.45, 2.75) is 17.1 Å². The van der Waals surface area contributed by atoms with Gasteiger partial charge in [0.15, 0.2) is 11.5 Å². The van der Waals surface area contributed by atoms with Gasteiger partial charge in [-0.1, -0.05) is 11.6 Å². The second kappa shape index (κ2) is 9.53. The summed E-state index contributed by atoms with van der Waals surface area (Å²) in [5.41, 5.74) is 0.654. The van der Waals surface area contributed by atoms with Gasteiger partial charge in [-0.3, -0.25) is 4.79 Å². The van der Waals surface area contributed by atoms with E-state index in [0.29, 0.717) is 27.8 Å². The zero-order valence-corrected chi connectivity index (χ0v) is 16.9. The first-order valence-corrected chi connectivity index (χ1v) is 9.22. The van der Waals surface area contributed by atoms with Gasteiger partial charge in [-0.25, -0.2) is 4.79 Å². The van der Waals surface area contributed by atoms with Gasteiger partial charge >= 0.3 is 5.97 Å². The Kier molecular flexibility index (Phi) is 7.38. The minimum Gasteiger partial charge on any atom is -0.493 e. The SMILES string of the molecule is COC(=O)c1ccc(Cl)c(NC(=O)C(C)Sc2ccc(OC)c(OC)c2)c1. The highest BCUT2D eigenvalue weighted by atomic mass is 35.5. The highest BCUT2D eigenvalue weighted by Crippen LogP contribution is 2.34. The molecule has 0 aliphatic carbocycles. The number of halogens is 1. The quantitative estimate of drug-likeness (QED) is 0.544. The summed E-state index contributed by atoms with van der Waals surface area (Å²) in [5.74, 6) is 0.447. The van der Waals surface area contributed by atoms with E-state index in [1.54, 1.807) is 33.3 Å². The van der Waals surface area contributed by atoms with Gasteiger partial charge in [-0.05, 0) is 43.3 Å². The summed E-state index contributed by atoms with van der Waals surface area (Å²) in [6, 6.07) is 9.99. The first kappa shape index (κ1) is 20.9. The molecule has 0 aromatic heterocycles. The van der Waals surface area contributed by atoms with Crippen LogP contribution in [0.15, 0.2) is 41.3 Å². The second-order valence-electron chi connectivity index (χ2n) is 5.45. The van der Waals surface area contributed by atoms with E-state index < -0.39 is 11.2 Å². The number of anilines is 1. The van der Waals surface area contributed by atoms with Crippen LogP contribution >= 0.6 is 23.4 Å². The van der Waals surface area contributed by atoms with Crippen molar-refractivity contribution in [2.75, 3.05) is 26.6 Å². The van der Waals surface area contributed by atoms with Crippen molar-refractivity contribution in [3.05, 3.63) is 47.0 Å². The van der Waals surface area contributed by atoms with Gasteiger partial charge in [0, 0.05) is 4.90 Å². The molecule has 0 bridgehead atoms. The largest absolute Gasteiger partial charge is 0.493 e. The van der Waals surface area contributed by atoms with Crippen LogP contribution in [0.3, 0.4) is 0 Å². The first-order valence-electron chi connectivity index (χ1n) is 7.97. The molecule has 1 N–H and O–H groups in total.